The van der Waals surface area contributed by atoms with Crippen LogP contribution in [0.4, 0.5) is 10.1 Å². The highest BCUT2D eigenvalue weighted by Gasteiger charge is 2.23. The molecule has 0 fully saturated rings. The summed E-state index contributed by atoms with van der Waals surface area (Å²) in [7, 11) is -2.63. The Morgan fingerprint density at radius 2 is 1.74 bits per heavy atom. The minimum atomic E-state index is -3.86. The molecule has 0 heterocycles. The van der Waals surface area contributed by atoms with Gasteiger partial charge in [0.25, 0.3) is 5.91 Å². The molecule has 2 aromatic carbocycles. The zero-order valence-electron chi connectivity index (χ0n) is 14.8. The number of benzene rings is 2. The minimum Gasteiger partial charge on any atom is -0.455 e. The van der Waals surface area contributed by atoms with Gasteiger partial charge in [-0.25, -0.2) is 12.8 Å². The van der Waals surface area contributed by atoms with Crippen molar-refractivity contribution >= 4 is 27.6 Å². The lowest BCUT2D eigenvalue weighted by molar-refractivity contribution is -0.147. The number of anilines is 1. The number of amides is 1. The number of rotatable bonds is 7. The van der Waals surface area contributed by atoms with Crippen LogP contribution < -0.4 is 5.32 Å². The number of carbonyl (C=O) groups excluding carboxylic acids is 2. The van der Waals surface area contributed by atoms with Gasteiger partial charge in [-0.3, -0.25) is 9.59 Å². The van der Waals surface area contributed by atoms with E-state index in [9.17, 15) is 22.4 Å². The molecule has 0 saturated heterocycles. The van der Waals surface area contributed by atoms with Gasteiger partial charge in [-0.05, 0) is 31.2 Å². The lowest BCUT2D eigenvalue weighted by Gasteiger charge is -2.16. The van der Waals surface area contributed by atoms with E-state index in [2.05, 4.69) is 5.32 Å². The van der Waals surface area contributed by atoms with Crippen molar-refractivity contribution in [3.63, 3.8) is 0 Å². The largest absolute Gasteiger partial charge is 0.455 e. The summed E-state index contributed by atoms with van der Waals surface area (Å²) < 4.78 is 43.8. The van der Waals surface area contributed by atoms with Crippen LogP contribution in [0.1, 0.15) is 5.56 Å². The minimum absolute atomic E-state index is 0.0423. The maximum Gasteiger partial charge on any atom is 0.321 e. The Morgan fingerprint density at radius 3 is 2.37 bits per heavy atom. The Labute approximate surface area is 156 Å². The number of halogens is 1. The first-order chi connectivity index (χ1) is 12.7. The summed E-state index contributed by atoms with van der Waals surface area (Å²) in [5, 5.41) is 2.26. The fraction of sp³-hybridized carbons (Fsp3) is 0.222. The SMILES string of the molecule is Cc1ccc(S(=O)(=O)N(C)CC(=O)OCC(=O)Nc2ccccc2F)cc1. The van der Waals surface area contributed by atoms with Crippen LogP contribution in [0, 0.1) is 12.7 Å². The Kier molecular flexibility index (Phi) is 6.65. The molecular weight excluding hydrogens is 375 g/mol. The second kappa shape index (κ2) is 8.74. The predicted molar refractivity (Wildman–Crippen MR) is 97.0 cm³/mol. The second-order valence-electron chi connectivity index (χ2n) is 5.76. The van der Waals surface area contributed by atoms with Crippen molar-refractivity contribution in [2.75, 3.05) is 25.5 Å². The fourth-order valence-electron chi connectivity index (χ4n) is 2.10. The molecule has 0 aliphatic carbocycles. The number of nitrogens with one attached hydrogen (secondary N) is 1. The van der Waals surface area contributed by atoms with Crippen molar-refractivity contribution in [3.05, 3.63) is 59.9 Å². The number of esters is 1. The van der Waals surface area contributed by atoms with Gasteiger partial charge in [0.2, 0.25) is 10.0 Å². The average molecular weight is 394 g/mol. The van der Waals surface area contributed by atoms with Gasteiger partial charge >= 0.3 is 5.97 Å². The lowest BCUT2D eigenvalue weighted by atomic mass is 10.2. The molecule has 0 aliphatic heterocycles. The number of ether oxygens (including phenoxy) is 1. The van der Waals surface area contributed by atoms with E-state index in [1.54, 1.807) is 12.1 Å². The van der Waals surface area contributed by atoms with Crippen molar-refractivity contribution in [3.8, 4) is 0 Å². The number of hydrogen-bond acceptors (Lipinski definition) is 5. The highest BCUT2D eigenvalue weighted by molar-refractivity contribution is 7.89. The van der Waals surface area contributed by atoms with Crippen LogP contribution in [0.2, 0.25) is 0 Å². The van der Waals surface area contributed by atoms with Crippen LogP contribution in [0.15, 0.2) is 53.4 Å². The summed E-state index contributed by atoms with van der Waals surface area (Å²) in [5.41, 5.74) is 0.856. The van der Waals surface area contributed by atoms with Gasteiger partial charge in [0, 0.05) is 7.05 Å². The molecule has 0 spiro atoms. The molecule has 0 atom stereocenters. The third kappa shape index (κ3) is 5.60. The third-order valence-corrected chi connectivity index (χ3v) is 5.41. The monoisotopic (exact) mass is 394 g/mol. The summed E-state index contributed by atoms with van der Waals surface area (Å²) in [6, 6.07) is 11.7. The first-order valence-corrected chi connectivity index (χ1v) is 9.37. The highest BCUT2D eigenvalue weighted by atomic mass is 32.2. The highest BCUT2D eigenvalue weighted by Crippen LogP contribution is 2.15. The molecule has 1 amide bonds. The maximum atomic E-state index is 13.4. The Balaban J connectivity index is 1.88. The van der Waals surface area contributed by atoms with Crippen molar-refractivity contribution in [1.29, 1.82) is 0 Å². The molecule has 0 unspecified atom stereocenters. The van der Waals surface area contributed by atoms with E-state index >= 15 is 0 Å². The Morgan fingerprint density at radius 1 is 1.11 bits per heavy atom. The quantitative estimate of drug-likeness (QED) is 0.725. The van der Waals surface area contributed by atoms with E-state index in [4.69, 9.17) is 4.74 Å². The molecule has 2 rings (SSSR count). The van der Waals surface area contributed by atoms with Crippen LogP contribution >= 0.6 is 0 Å². The van der Waals surface area contributed by atoms with Crippen LogP contribution in [-0.4, -0.2) is 44.8 Å². The normalized spacial score (nSPS) is 11.3. The summed E-state index contributed by atoms with van der Waals surface area (Å²) in [4.78, 5) is 23.6. The molecule has 144 valence electrons. The van der Waals surface area contributed by atoms with Gasteiger partial charge in [0.05, 0.1) is 10.6 Å². The fourth-order valence-corrected chi connectivity index (χ4v) is 3.21. The van der Waals surface area contributed by atoms with E-state index < -0.39 is 40.9 Å². The molecule has 0 bridgehead atoms. The molecule has 1 N–H and O–H groups in total. The number of nitrogens with zero attached hydrogens (tertiary/aromatic N) is 1. The van der Waals surface area contributed by atoms with Gasteiger partial charge < -0.3 is 10.1 Å². The molecule has 27 heavy (non-hydrogen) atoms. The van der Waals surface area contributed by atoms with Crippen molar-refractivity contribution < 1.29 is 27.1 Å². The molecule has 7 nitrogen and oxygen atoms in total. The van der Waals surface area contributed by atoms with E-state index in [1.165, 1.54) is 43.4 Å². The van der Waals surface area contributed by atoms with Gasteiger partial charge in [0.1, 0.15) is 12.4 Å². The number of carbonyl (C=O) groups is 2. The second-order valence-corrected chi connectivity index (χ2v) is 7.81. The zero-order valence-corrected chi connectivity index (χ0v) is 15.6. The topological polar surface area (TPSA) is 92.8 Å². The molecule has 0 radical (unpaired) electrons. The molecule has 0 saturated carbocycles. The summed E-state index contributed by atoms with van der Waals surface area (Å²) >= 11 is 0. The maximum absolute atomic E-state index is 13.4. The molecule has 2 aromatic rings. The van der Waals surface area contributed by atoms with Crippen molar-refractivity contribution in [2.24, 2.45) is 0 Å². The third-order valence-electron chi connectivity index (χ3n) is 3.59. The smallest absolute Gasteiger partial charge is 0.321 e. The van der Waals surface area contributed by atoms with Crippen LogP contribution in [-0.2, 0) is 24.3 Å². The number of para-hydroxylation sites is 1. The number of sulfonamides is 1. The molecular formula is C18H19FN2O5S. The van der Waals surface area contributed by atoms with Crippen LogP contribution in [0.5, 0.6) is 0 Å². The summed E-state index contributed by atoms with van der Waals surface area (Å²) in [6.45, 7) is 0.596. The van der Waals surface area contributed by atoms with E-state index in [0.717, 1.165) is 9.87 Å². The standard InChI is InChI=1S/C18H19FN2O5S/c1-13-7-9-14(10-8-13)27(24,25)21(2)11-18(23)26-12-17(22)20-16-6-4-3-5-15(16)19/h3-10H,11-12H2,1-2H3,(H,20,22). The van der Waals surface area contributed by atoms with Crippen LogP contribution in [0.3, 0.4) is 0 Å². The van der Waals surface area contributed by atoms with Crippen molar-refractivity contribution in [1.82, 2.24) is 4.31 Å². The van der Waals surface area contributed by atoms with Gasteiger partial charge in [-0.2, -0.15) is 4.31 Å². The molecule has 0 aromatic heterocycles. The Bertz CT molecular complexity index is 929. The van der Waals surface area contributed by atoms with Gasteiger partial charge in [-0.15, -0.1) is 0 Å². The first kappa shape index (κ1) is 20.5. The van der Waals surface area contributed by atoms with E-state index in [-0.39, 0.29) is 10.6 Å². The zero-order chi connectivity index (χ0) is 20.0. The number of hydrogen-bond donors (Lipinski definition) is 1. The van der Waals surface area contributed by atoms with Gasteiger partial charge in [0.15, 0.2) is 6.61 Å². The van der Waals surface area contributed by atoms with Gasteiger partial charge in [-0.1, -0.05) is 29.8 Å². The number of aryl methyl sites for hydroxylation is 1. The lowest BCUT2D eigenvalue weighted by Crippen LogP contribution is -2.34. The summed E-state index contributed by atoms with van der Waals surface area (Å²) in [6.07, 6.45) is 0. The van der Waals surface area contributed by atoms with E-state index in [0.29, 0.717) is 0 Å². The number of likely N-dealkylation sites (N-methyl/N-ethyl adjacent to an activating group) is 1. The molecule has 9 heteroatoms. The Hall–Kier alpha value is -2.78. The summed E-state index contributed by atoms with van der Waals surface area (Å²) in [5.74, 6) is -2.27. The average Bonchev–Trinajstić information content (AvgIpc) is 2.62. The van der Waals surface area contributed by atoms with Crippen LogP contribution in [0.25, 0.3) is 0 Å². The van der Waals surface area contributed by atoms with Crippen molar-refractivity contribution in [2.45, 2.75) is 11.8 Å². The molecule has 0 aliphatic rings. The first-order valence-electron chi connectivity index (χ1n) is 7.93. The predicted octanol–water partition coefficient (Wildman–Crippen LogP) is 1.94. The van der Waals surface area contributed by atoms with E-state index in [1.807, 2.05) is 6.92 Å².